The summed E-state index contributed by atoms with van der Waals surface area (Å²) in [5.41, 5.74) is 3.28. The van der Waals surface area contributed by atoms with E-state index in [1.165, 1.54) is 38.0 Å². The van der Waals surface area contributed by atoms with Crippen molar-refractivity contribution in [1.82, 2.24) is 4.90 Å². The van der Waals surface area contributed by atoms with E-state index in [-0.39, 0.29) is 0 Å². The highest BCUT2D eigenvalue weighted by Crippen LogP contribution is 2.52. The standard InChI is InChI=1S/C16H21NS/c1-16-9-8-14-13-5-3-2-4-12(13)6-7-15(14)17(16)10-11-18-16/h2-5,14-15H,6-11H2,1H3/t14-,15-,16+/m1/s1. The molecule has 1 aliphatic carbocycles. The number of nitrogens with zero attached hydrogens (tertiary/aromatic N) is 1. The Labute approximate surface area is 114 Å². The van der Waals surface area contributed by atoms with Crippen molar-refractivity contribution < 1.29 is 0 Å². The van der Waals surface area contributed by atoms with Crippen molar-refractivity contribution in [3.05, 3.63) is 35.4 Å². The number of piperidine rings is 1. The molecule has 3 aliphatic rings. The van der Waals surface area contributed by atoms with Crippen molar-refractivity contribution in [3.8, 4) is 0 Å². The number of benzene rings is 1. The fourth-order valence-corrected chi connectivity index (χ4v) is 5.78. The van der Waals surface area contributed by atoms with Crippen molar-refractivity contribution in [2.45, 2.75) is 49.4 Å². The van der Waals surface area contributed by atoms with Crippen LogP contribution in [-0.2, 0) is 6.42 Å². The molecule has 2 fully saturated rings. The molecule has 0 bridgehead atoms. The van der Waals surface area contributed by atoms with Gasteiger partial charge in [-0.1, -0.05) is 24.3 Å². The first-order valence-electron chi connectivity index (χ1n) is 7.26. The van der Waals surface area contributed by atoms with Gasteiger partial charge >= 0.3 is 0 Å². The first kappa shape index (κ1) is 11.4. The number of hydrogen-bond donors (Lipinski definition) is 0. The molecule has 3 atom stereocenters. The topological polar surface area (TPSA) is 3.24 Å². The Morgan fingerprint density at radius 1 is 1.28 bits per heavy atom. The van der Waals surface area contributed by atoms with E-state index in [0.29, 0.717) is 4.87 Å². The molecular weight excluding hydrogens is 238 g/mol. The lowest BCUT2D eigenvalue weighted by molar-refractivity contribution is 0.0615. The lowest BCUT2D eigenvalue weighted by Gasteiger charge is -2.50. The molecule has 0 unspecified atom stereocenters. The predicted molar refractivity (Wildman–Crippen MR) is 78.1 cm³/mol. The molecule has 0 amide bonds. The van der Waals surface area contributed by atoms with Crippen LogP contribution in [0.1, 0.15) is 43.2 Å². The van der Waals surface area contributed by atoms with Crippen molar-refractivity contribution >= 4 is 11.8 Å². The molecule has 4 rings (SSSR count). The molecule has 2 aliphatic heterocycles. The van der Waals surface area contributed by atoms with Crippen LogP contribution in [0.5, 0.6) is 0 Å². The second-order valence-corrected chi connectivity index (χ2v) is 7.74. The van der Waals surface area contributed by atoms with Crippen molar-refractivity contribution in [3.63, 3.8) is 0 Å². The zero-order valence-corrected chi connectivity index (χ0v) is 11.9. The van der Waals surface area contributed by atoms with Gasteiger partial charge in [0.15, 0.2) is 0 Å². The highest BCUT2D eigenvalue weighted by molar-refractivity contribution is 8.00. The molecule has 0 radical (unpaired) electrons. The van der Waals surface area contributed by atoms with Gasteiger partial charge in [-0.05, 0) is 49.7 Å². The Balaban J connectivity index is 1.73. The van der Waals surface area contributed by atoms with Crippen molar-refractivity contribution in [2.24, 2.45) is 0 Å². The minimum absolute atomic E-state index is 0.452. The minimum atomic E-state index is 0.452. The van der Waals surface area contributed by atoms with Gasteiger partial charge in [-0.15, -0.1) is 11.8 Å². The fraction of sp³-hybridized carbons (Fsp3) is 0.625. The van der Waals surface area contributed by atoms with Crippen LogP contribution >= 0.6 is 11.8 Å². The van der Waals surface area contributed by atoms with Crippen LogP contribution in [0.3, 0.4) is 0 Å². The third kappa shape index (κ3) is 1.51. The van der Waals surface area contributed by atoms with E-state index in [4.69, 9.17) is 0 Å². The summed E-state index contributed by atoms with van der Waals surface area (Å²) in [7, 11) is 0. The number of thioether (sulfide) groups is 1. The molecule has 0 saturated carbocycles. The van der Waals surface area contributed by atoms with Gasteiger partial charge in [0.2, 0.25) is 0 Å². The zero-order valence-electron chi connectivity index (χ0n) is 11.1. The second-order valence-electron chi connectivity index (χ2n) is 6.17. The summed E-state index contributed by atoms with van der Waals surface area (Å²) in [6.07, 6.45) is 5.42. The maximum absolute atomic E-state index is 2.84. The van der Waals surface area contributed by atoms with Gasteiger partial charge in [0.05, 0.1) is 4.87 Å². The number of fused-ring (bicyclic) bond motifs is 5. The molecule has 0 N–H and O–H groups in total. The third-order valence-corrected chi connectivity index (χ3v) is 6.75. The molecule has 0 aromatic heterocycles. The summed E-state index contributed by atoms with van der Waals surface area (Å²) in [4.78, 5) is 3.29. The van der Waals surface area contributed by atoms with Gasteiger partial charge in [-0.25, -0.2) is 0 Å². The number of hydrogen-bond acceptors (Lipinski definition) is 2. The van der Waals surface area contributed by atoms with Gasteiger partial charge in [0, 0.05) is 18.3 Å². The normalized spacial score (nSPS) is 38.9. The maximum atomic E-state index is 2.84. The van der Waals surface area contributed by atoms with Gasteiger partial charge in [0.1, 0.15) is 0 Å². The first-order chi connectivity index (χ1) is 8.78. The van der Waals surface area contributed by atoms with Crippen LogP contribution in [0.4, 0.5) is 0 Å². The molecule has 96 valence electrons. The SMILES string of the molecule is C[C@]12CC[C@@H]3c4ccccc4CC[C@H]3N1CCS2. The van der Waals surface area contributed by atoms with Crippen LogP contribution in [0.2, 0.25) is 0 Å². The Morgan fingerprint density at radius 2 is 2.17 bits per heavy atom. The van der Waals surface area contributed by atoms with Crippen LogP contribution < -0.4 is 0 Å². The molecule has 18 heavy (non-hydrogen) atoms. The predicted octanol–water partition coefficient (Wildman–Crippen LogP) is 3.64. The summed E-state index contributed by atoms with van der Waals surface area (Å²) < 4.78 is 0. The van der Waals surface area contributed by atoms with Crippen LogP contribution in [0.15, 0.2) is 24.3 Å². The van der Waals surface area contributed by atoms with E-state index in [0.717, 1.165) is 12.0 Å². The molecule has 2 saturated heterocycles. The smallest absolute Gasteiger partial charge is 0.0645 e. The van der Waals surface area contributed by atoms with Crippen LogP contribution in [0.25, 0.3) is 0 Å². The molecule has 1 aromatic rings. The summed E-state index contributed by atoms with van der Waals surface area (Å²) in [6, 6.07) is 9.98. The van der Waals surface area contributed by atoms with E-state index < -0.39 is 0 Å². The highest BCUT2D eigenvalue weighted by atomic mass is 32.2. The minimum Gasteiger partial charge on any atom is -0.285 e. The monoisotopic (exact) mass is 259 g/mol. The Bertz CT molecular complexity index is 472. The first-order valence-corrected chi connectivity index (χ1v) is 8.25. The number of rotatable bonds is 0. The molecule has 2 heteroatoms. The summed E-state index contributed by atoms with van der Waals surface area (Å²) in [5, 5.41) is 0. The largest absolute Gasteiger partial charge is 0.285 e. The molecule has 2 heterocycles. The van der Waals surface area contributed by atoms with Gasteiger partial charge in [-0.2, -0.15) is 0 Å². The summed E-state index contributed by atoms with van der Waals surface area (Å²) in [6.45, 7) is 3.78. The van der Waals surface area contributed by atoms with E-state index in [1.807, 2.05) is 0 Å². The van der Waals surface area contributed by atoms with Crippen LogP contribution in [0, 0.1) is 0 Å². The van der Waals surface area contributed by atoms with E-state index in [9.17, 15) is 0 Å². The highest BCUT2D eigenvalue weighted by Gasteiger charge is 2.48. The molecular formula is C16H21NS. The van der Waals surface area contributed by atoms with E-state index in [1.54, 1.807) is 11.1 Å². The quantitative estimate of drug-likeness (QED) is 0.700. The average molecular weight is 259 g/mol. The maximum Gasteiger partial charge on any atom is 0.0645 e. The van der Waals surface area contributed by atoms with Crippen molar-refractivity contribution in [2.75, 3.05) is 12.3 Å². The van der Waals surface area contributed by atoms with Gasteiger partial charge < -0.3 is 0 Å². The van der Waals surface area contributed by atoms with Crippen LogP contribution in [-0.4, -0.2) is 28.1 Å². The molecule has 0 spiro atoms. The Kier molecular flexibility index (Phi) is 2.53. The zero-order chi connectivity index (χ0) is 12.2. The number of aryl methyl sites for hydroxylation is 1. The molecule has 1 aromatic carbocycles. The van der Waals surface area contributed by atoms with E-state index >= 15 is 0 Å². The second kappa shape index (κ2) is 4.01. The lowest BCUT2D eigenvalue weighted by Crippen LogP contribution is -2.53. The average Bonchev–Trinajstić information content (AvgIpc) is 2.80. The Hall–Kier alpha value is -0.470. The van der Waals surface area contributed by atoms with Gasteiger partial charge in [0.25, 0.3) is 0 Å². The third-order valence-electron chi connectivity index (χ3n) is 5.30. The van der Waals surface area contributed by atoms with E-state index in [2.05, 4.69) is 47.9 Å². The fourth-order valence-electron chi connectivity index (χ4n) is 4.40. The Morgan fingerprint density at radius 3 is 3.11 bits per heavy atom. The van der Waals surface area contributed by atoms with Gasteiger partial charge in [-0.3, -0.25) is 4.90 Å². The van der Waals surface area contributed by atoms with Crippen molar-refractivity contribution in [1.29, 1.82) is 0 Å². The summed E-state index contributed by atoms with van der Waals surface area (Å²) >= 11 is 2.19. The lowest BCUT2D eigenvalue weighted by atomic mass is 9.73. The molecule has 1 nitrogen and oxygen atoms in total. The summed E-state index contributed by atoms with van der Waals surface area (Å²) in [5.74, 6) is 2.14.